The van der Waals surface area contributed by atoms with Crippen molar-refractivity contribution in [2.45, 2.75) is 19.3 Å². The van der Waals surface area contributed by atoms with E-state index < -0.39 is 0 Å². The lowest BCUT2D eigenvalue weighted by Gasteiger charge is -2.32. The number of likely N-dealkylation sites (tertiary alicyclic amines) is 1. The highest BCUT2D eigenvalue weighted by molar-refractivity contribution is 6.08. The van der Waals surface area contributed by atoms with Crippen LogP contribution in [0.15, 0.2) is 24.3 Å². The fourth-order valence-corrected chi connectivity index (χ4v) is 2.69. The van der Waals surface area contributed by atoms with Crippen molar-refractivity contribution in [1.82, 2.24) is 4.90 Å². The molecule has 4 nitrogen and oxygen atoms in total. The van der Waals surface area contributed by atoms with E-state index in [0.717, 1.165) is 31.6 Å². The molecule has 0 saturated carbocycles. The molecule has 3 rings (SSSR count). The van der Waals surface area contributed by atoms with Gasteiger partial charge in [0.05, 0.1) is 5.69 Å². The molecule has 2 heterocycles. The van der Waals surface area contributed by atoms with Gasteiger partial charge in [-0.3, -0.25) is 9.69 Å². The second kappa shape index (κ2) is 4.44. The number of urea groups is 1. The smallest absolute Gasteiger partial charge is 0.324 e. The molecule has 2 amide bonds. The number of para-hydroxylation sites is 1. The summed E-state index contributed by atoms with van der Waals surface area (Å²) in [6, 6.07) is 7.44. The summed E-state index contributed by atoms with van der Waals surface area (Å²) < 4.78 is 0. The van der Waals surface area contributed by atoms with Crippen LogP contribution in [0.25, 0.3) is 0 Å². The third-order valence-corrected chi connectivity index (χ3v) is 3.67. The van der Waals surface area contributed by atoms with Crippen molar-refractivity contribution in [3.8, 4) is 0 Å². The molecule has 1 aromatic rings. The molecule has 1 aromatic carbocycles. The number of carbonyl (C=O) groups is 2. The average molecular weight is 244 g/mol. The molecule has 1 saturated heterocycles. The van der Waals surface area contributed by atoms with Crippen LogP contribution in [0, 0.1) is 0 Å². The zero-order valence-corrected chi connectivity index (χ0v) is 10.3. The first-order valence-electron chi connectivity index (χ1n) is 6.46. The summed E-state index contributed by atoms with van der Waals surface area (Å²) in [5.74, 6) is 0.135. The molecule has 94 valence electrons. The van der Waals surface area contributed by atoms with Gasteiger partial charge in [0.2, 0.25) is 0 Å². The highest BCUT2D eigenvalue weighted by Crippen LogP contribution is 2.28. The second-order valence-corrected chi connectivity index (χ2v) is 4.82. The van der Waals surface area contributed by atoms with Gasteiger partial charge in [0.1, 0.15) is 0 Å². The minimum absolute atomic E-state index is 0.0486. The molecule has 0 N–H and O–H groups in total. The Morgan fingerprint density at radius 2 is 1.78 bits per heavy atom. The topological polar surface area (TPSA) is 40.6 Å². The van der Waals surface area contributed by atoms with E-state index in [1.165, 1.54) is 0 Å². The van der Waals surface area contributed by atoms with Gasteiger partial charge in [-0.2, -0.15) is 0 Å². The van der Waals surface area contributed by atoms with Crippen molar-refractivity contribution in [2.24, 2.45) is 0 Å². The number of nitrogens with zero attached hydrogens (tertiary/aromatic N) is 2. The second-order valence-electron chi connectivity index (χ2n) is 4.82. The molecular weight excluding hydrogens is 228 g/mol. The van der Waals surface area contributed by atoms with Crippen LogP contribution in [0.5, 0.6) is 0 Å². The number of fused-ring (bicyclic) bond motifs is 1. The number of ketones is 1. The Bertz CT molecular complexity index is 492. The van der Waals surface area contributed by atoms with E-state index >= 15 is 0 Å². The molecule has 2 aliphatic rings. The van der Waals surface area contributed by atoms with E-state index in [1.54, 1.807) is 11.0 Å². The van der Waals surface area contributed by atoms with Crippen LogP contribution in [0.3, 0.4) is 0 Å². The standard InChI is InChI=1S/C14H16N2O2/c17-13-7-10-16(12-6-2-1-5-11(12)13)14(18)15-8-3-4-9-15/h1-2,5-6H,3-4,7-10H2. The Morgan fingerprint density at radius 3 is 2.56 bits per heavy atom. The lowest BCUT2D eigenvalue weighted by atomic mass is 10.0. The monoisotopic (exact) mass is 244 g/mol. The molecule has 0 aliphatic carbocycles. The first-order chi connectivity index (χ1) is 8.77. The summed E-state index contributed by atoms with van der Waals surface area (Å²) >= 11 is 0. The van der Waals surface area contributed by atoms with Gasteiger partial charge < -0.3 is 4.90 Å². The number of anilines is 1. The number of amides is 2. The number of benzene rings is 1. The maximum atomic E-state index is 12.4. The van der Waals surface area contributed by atoms with Gasteiger partial charge in [-0.1, -0.05) is 12.1 Å². The molecule has 0 unspecified atom stereocenters. The molecule has 0 atom stereocenters. The van der Waals surface area contributed by atoms with Crippen LogP contribution in [-0.4, -0.2) is 36.3 Å². The quantitative estimate of drug-likeness (QED) is 0.702. The highest BCUT2D eigenvalue weighted by atomic mass is 16.2. The normalized spacial score (nSPS) is 19.0. The van der Waals surface area contributed by atoms with Crippen molar-refractivity contribution < 1.29 is 9.59 Å². The number of Topliss-reactive ketones (excluding diaryl/α,β-unsaturated/α-hetero) is 1. The summed E-state index contributed by atoms with van der Waals surface area (Å²) in [6.45, 7) is 2.18. The van der Waals surface area contributed by atoms with Crippen molar-refractivity contribution in [1.29, 1.82) is 0 Å². The molecule has 2 aliphatic heterocycles. The summed E-state index contributed by atoms with van der Waals surface area (Å²) in [6.07, 6.45) is 2.59. The lowest BCUT2D eigenvalue weighted by molar-refractivity contribution is 0.0980. The van der Waals surface area contributed by atoms with Gasteiger partial charge in [-0.25, -0.2) is 4.79 Å². The van der Waals surface area contributed by atoms with Gasteiger partial charge >= 0.3 is 6.03 Å². The molecule has 4 heteroatoms. The third kappa shape index (κ3) is 1.78. The van der Waals surface area contributed by atoms with Crippen molar-refractivity contribution in [2.75, 3.05) is 24.5 Å². The lowest BCUT2D eigenvalue weighted by Crippen LogP contribution is -2.45. The first kappa shape index (κ1) is 11.3. The van der Waals surface area contributed by atoms with Crippen LogP contribution < -0.4 is 4.90 Å². The predicted molar refractivity (Wildman–Crippen MR) is 68.9 cm³/mol. The Labute approximate surface area is 106 Å². The van der Waals surface area contributed by atoms with Gasteiger partial charge in [-0.15, -0.1) is 0 Å². The number of carbonyl (C=O) groups excluding carboxylic acids is 2. The Morgan fingerprint density at radius 1 is 1.06 bits per heavy atom. The van der Waals surface area contributed by atoms with Crippen LogP contribution >= 0.6 is 0 Å². The highest BCUT2D eigenvalue weighted by Gasteiger charge is 2.30. The van der Waals surface area contributed by atoms with Gasteiger partial charge in [0.25, 0.3) is 0 Å². The summed E-state index contributed by atoms with van der Waals surface area (Å²) in [7, 11) is 0. The molecule has 0 bridgehead atoms. The van der Waals surface area contributed by atoms with Crippen LogP contribution in [-0.2, 0) is 0 Å². The third-order valence-electron chi connectivity index (χ3n) is 3.67. The van der Waals surface area contributed by atoms with Crippen molar-refractivity contribution >= 4 is 17.5 Å². The molecule has 0 radical (unpaired) electrons. The van der Waals surface area contributed by atoms with Crippen LogP contribution in [0.1, 0.15) is 29.6 Å². The molecule has 0 aromatic heterocycles. The van der Waals surface area contributed by atoms with E-state index in [2.05, 4.69) is 0 Å². The largest absolute Gasteiger partial charge is 0.324 e. The van der Waals surface area contributed by atoms with Crippen LogP contribution in [0.2, 0.25) is 0 Å². The average Bonchev–Trinajstić information content (AvgIpc) is 2.93. The van der Waals surface area contributed by atoms with Gasteiger partial charge in [0, 0.05) is 31.6 Å². The fraction of sp³-hybridized carbons (Fsp3) is 0.429. The van der Waals surface area contributed by atoms with Gasteiger partial charge in [0.15, 0.2) is 5.78 Å². The minimum Gasteiger partial charge on any atom is -0.324 e. The first-order valence-corrected chi connectivity index (χ1v) is 6.46. The zero-order chi connectivity index (χ0) is 12.5. The number of hydrogen-bond donors (Lipinski definition) is 0. The van der Waals surface area contributed by atoms with Crippen molar-refractivity contribution in [3.05, 3.63) is 29.8 Å². The fourth-order valence-electron chi connectivity index (χ4n) is 2.69. The van der Waals surface area contributed by atoms with Crippen LogP contribution in [0.4, 0.5) is 10.5 Å². The summed E-state index contributed by atoms with van der Waals surface area (Å²) in [5.41, 5.74) is 1.45. The Hall–Kier alpha value is -1.84. The SMILES string of the molecule is O=C1CCN(C(=O)N2CCCC2)c2ccccc21. The van der Waals surface area contributed by atoms with E-state index in [1.807, 2.05) is 23.1 Å². The predicted octanol–water partition coefficient (Wildman–Crippen LogP) is 2.30. The minimum atomic E-state index is 0.0486. The molecule has 1 fully saturated rings. The Balaban J connectivity index is 1.92. The van der Waals surface area contributed by atoms with E-state index in [9.17, 15) is 9.59 Å². The number of hydrogen-bond acceptors (Lipinski definition) is 2. The maximum absolute atomic E-state index is 12.4. The van der Waals surface area contributed by atoms with E-state index in [0.29, 0.717) is 18.5 Å². The van der Waals surface area contributed by atoms with E-state index in [-0.39, 0.29) is 11.8 Å². The number of rotatable bonds is 0. The van der Waals surface area contributed by atoms with Crippen molar-refractivity contribution in [3.63, 3.8) is 0 Å². The zero-order valence-electron chi connectivity index (χ0n) is 10.3. The van der Waals surface area contributed by atoms with Gasteiger partial charge in [-0.05, 0) is 25.0 Å². The molecule has 18 heavy (non-hydrogen) atoms. The molecule has 0 spiro atoms. The maximum Gasteiger partial charge on any atom is 0.324 e. The molecular formula is C14H16N2O2. The van der Waals surface area contributed by atoms with E-state index in [4.69, 9.17) is 0 Å². The summed E-state index contributed by atoms with van der Waals surface area (Å²) in [4.78, 5) is 27.9. The Kier molecular flexibility index (Phi) is 2.78. The summed E-state index contributed by atoms with van der Waals surface area (Å²) in [5, 5.41) is 0.